The summed E-state index contributed by atoms with van der Waals surface area (Å²) in [4.78, 5) is 6.32. The fourth-order valence-electron chi connectivity index (χ4n) is 1.30. The van der Waals surface area contributed by atoms with Crippen molar-refractivity contribution in [2.75, 3.05) is 20.1 Å². The minimum atomic E-state index is 0.0467. The van der Waals surface area contributed by atoms with Gasteiger partial charge in [-0.3, -0.25) is 4.99 Å². The van der Waals surface area contributed by atoms with E-state index in [0.29, 0.717) is 6.04 Å². The number of hydrogen-bond acceptors (Lipinski definition) is 4. The first kappa shape index (κ1) is 9.85. The van der Waals surface area contributed by atoms with Crippen molar-refractivity contribution >= 4 is 5.96 Å². The van der Waals surface area contributed by atoms with Gasteiger partial charge in [0.2, 0.25) is 0 Å². The molecule has 13 heavy (non-hydrogen) atoms. The number of nitrogens with zero attached hydrogens (tertiary/aromatic N) is 3. The molecule has 0 saturated heterocycles. The molecule has 0 aromatic heterocycles. The van der Waals surface area contributed by atoms with Crippen molar-refractivity contribution < 1.29 is 0 Å². The Morgan fingerprint density at radius 2 is 2.54 bits per heavy atom. The predicted octanol–water partition coefficient (Wildman–Crippen LogP) is 0.426. The van der Waals surface area contributed by atoms with E-state index >= 15 is 0 Å². The van der Waals surface area contributed by atoms with E-state index in [1.54, 1.807) is 0 Å². The summed E-state index contributed by atoms with van der Waals surface area (Å²) in [5.74, 6) is 0.958. The third-order valence-electron chi connectivity index (χ3n) is 2.02. The van der Waals surface area contributed by atoms with Crippen molar-refractivity contribution in [2.24, 2.45) is 10.9 Å². The second-order valence-corrected chi connectivity index (χ2v) is 3.62. The van der Waals surface area contributed by atoms with E-state index in [2.05, 4.69) is 23.3 Å². The third-order valence-corrected chi connectivity index (χ3v) is 2.02. The molecule has 1 aliphatic heterocycles. The van der Waals surface area contributed by atoms with Gasteiger partial charge in [-0.15, -0.1) is 0 Å². The van der Waals surface area contributed by atoms with E-state index in [4.69, 9.17) is 5.26 Å². The topological polar surface area (TPSA) is 51.4 Å². The first-order chi connectivity index (χ1) is 6.13. The lowest BCUT2D eigenvalue weighted by molar-refractivity contribution is 0.441. The molecule has 0 fully saturated rings. The lowest BCUT2D eigenvalue weighted by atomic mass is 10.2. The summed E-state index contributed by atoms with van der Waals surface area (Å²) in [6.45, 7) is 5.57. The Hall–Kier alpha value is -1.24. The van der Waals surface area contributed by atoms with Crippen molar-refractivity contribution in [2.45, 2.75) is 19.9 Å². The number of nitrogens with one attached hydrogen (secondary N) is 1. The zero-order chi connectivity index (χ0) is 9.84. The van der Waals surface area contributed by atoms with Crippen LogP contribution in [0.3, 0.4) is 0 Å². The summed E-state index contributed by atoms with van der Waals surface area (Å²) in [5, 5.41) is 11.9. The summed E-state index contributed by atoms with van der Waals surface area (Å²) in [6.07, 6.45) is 0. The van der Waals surface area contributed by atoms with Gasteiger partial charge in [-0.05, 0) is 13.8 Å². The van der Waals surface area contributed by atoms with Gasteiger partial charge in [-0.25, -0.2) is 0 Å². The molecule has 2 unspecified atom stereocenters. The SMILES string of the molecule is CC(C#N)CN(C)C1=NCC(C)N1. The van der Waals surface area contributed by atoms with E-state index in [1.807, 2.05) is 18.9 Å². The van der Waals surface area contributed by atoms with Crippen LogP contribution in [-0.4, -0.2) is 37.0 Å². The van der Waals surface area contributed by atoms with E-state index in [1.165, 1.54) is 0 Å². The molecule has 4 heteroatoms. The molecule has 1 aliphatic rings. The molecule has 0 aromatic carbocycles. The zero-order valence-corrected chi connectivity index (χ0v) is 8.41. The van der Waals surface area contributed by atoms with E-state index in [0.717, 1.165) is 19.0 Å². The molecular formula is C9H16N4. The highest BCUT2D eigenvalue weighted by Crippen LogP contribution is 2.01. The lowest BCUT2D eigenvalue weighted by Crippen LogP contribution is -2.40. The summed E-state index contributed by atoms with van der Waals surface area (Å²) >= 11 is 0. The molecule has 2 atom stereocenters. The maximum absolute atomic E-state index is 8.64. The number of rotatable bonds is 2. The monoisotopic (exact) mass is 180 g/mol. The molecule has 1 heterocycles. The van der Waals surface area contributed by atoms with Gasteiger partial charge in [0.25, 0.3) is 0 Å². The van der Waals surface area contributed by atoms with Crippen LogP contribution in [0.1, 0.15) is 13.8 Å². The second-order valence-electron chi connectivity index (χ2n) is 3.62. The summed E-state index contributed by atoms with van der Waals surface area (Å²) in [6, 6.07) is 2.63. The maximum Gasteiger partial charge on any atom is 0.194 e. The van der Waals surface area contributed by atoms with Gasteiger partial charge >= 0.3 is 0 Å². The molecule has 4 nitrogen and oxygen atoms in total. The minimum Gasteiger partial charge on any atom is -0.352 e. The van der Waals surface area contributed by atoms with Crippen LogP contribution in [0.25, 0.3) is 0 Å². The lowest BCUT2D eigenvalue weighted by Gasteiger charge is -2.20. The highest BCUT2D eigenvalue weighted by atomic mass is 15.3. The van der Waals surface area contributed by atoms with Crippen LogP contribution in [-0.2, 0) is 0 Å². The largest absolute Gasteiger partial charge is 0.352 e. The van der Waals surface area contributed by atoms with Crippen LogP contribution in [0.4, 0.5) is 0 Å². The van der Waals surface area contributed by atoms with Gasteiger partial charge < -0.3 is 10.2 Å². The molecule has 0 aromatic rings. The highest BCUT2D eigenvalue weighted by molar-refractivity contribution is 5.81. The first-order valence-corrected chi connectivity index (χ1v) is 4.55. The van der Waals surface area contributed by atoms with Crippen molar-refractivity contribution in [1.29, 1.82) is 5.26 Å². The predicted molar refractivity (Wildman–Crippen MR) is 52.3 cm³/mol. The van der Waals surface area contributed by atoms with Crippen LogP contribution in [0, 0.1) is 17.2 Å². The molecule has 0 bridgehead atoms. The fraction of sp³-hybridized carbons (Fsp3) is 0.778. The van der Waals surface area contributed by atoms with Crippen molar-refractivity contribution in [1.82, 2.24) is 10.2 Å². The van der Waals surface area contributed by atoms with Gasteiger partial charge in [0.1, 0.15) is 0 Å². The van der Waals surface area contributed by atoms with Crippen LogP contribution in [0.15, 0.2) is 4.99 Å². The smallest absolute Gasteiger partial charge is 0.194 e. The standard InChI is InChI=1S/C9H16N4/c1-7(4-10)6-13(3)9-11-5-8(2)12-9/h7-8H,5-6H2,1-3H3,(H,11,12). The van der Waals surface area contributed by atoms with Crippen LogP contribution >= 0.6 is 0 Å². The molecule has 0 spiro atoms. The van der Waals surface area contributed by atoms with Gasteiger partial charge in [-0.1, -0.05) is 0 Å². The average Bonchev–Trinajstić information content (AvgIpc) is 2.51. The normalized spacial score (nSPS) is 22.9. The second kappa shape index (κ2) is 4.13. The molecule has 0 saturated carbocycles. The Morgan fingerprint density at radius 1 is 1.85 bits per heavy atom. The zero-order valence-electron chi connectivity index (χ0n) is 8.41. The number of nitriles is 1. The molecule has 0 radical (unpaired) electrons. The molecule has 1 rings (SSSR count). The number of aliphatic imine (C=N–C) groups is 1. The van der Waals surface area contributed by atoms with Crippen molar-refractivity contribution in [3.8, 4) is 6.07 Å². The van der Waals surface area contributed by atoms with Crippen molar-refractivity contribution in [3.63, 3.8) is 0 Å². The minimum absolute atomic E-state index is 0.0467. The van der Waals surface area contributed by atoms with Crippen LogP contribution in [0.2, 0.25) is 0 Å². The maximum atomic E-state index is 8.64. The number of hydrogen-bond donors (Lipinski definition) is 1. The summed E-state index contributed by atoms with van der Waals surface area (Å²) < 4.78 is 0. The van der Waals surface area contributed by atoms with Crippen molar-refractivity contribution in [3.05, 3.63) is 0 Å². The van der Waals surface area contributed by atoms with Gasteiger partial charge in [0.05, 0.1) is 18.5 Å². The summed E-state index contributed by atoms with van der Waals surface area (Å²) in [5.41, 5.74) is 0. The average molecular weight is 180 g/mol. The molecule has 72 valence electrons. The molecular weight excluding hydrogens is 164 g/mol. The van der Waals surface area contributed by atoms with E-state index < -0.39 is 0 Å². The Morgan fingerprint density at radius 3 is 3.00 bits per heavy atom. The fourth-order valence-corrected chi connectivity index (χ4v) is 1.30. The van der Waals surface area contributed by atoms with E-state index in [9.17, 15) is 0 Å². The van der Waals surface area contributed by atoms with Gasteiger partial charge in [-0.2, -0.15) is 5.26 Å². The quantitative estimate of drug-likeness (QED) is 0.670. The number of guanidine groups is 1. The Labute approximate surface area is 79.3 Å². The van der Waals surface area contributed by atoms with Crippen LogP contribution < -0.4 is 5.32 Å². The highest BCUT2D eigenvalue weighted by Gasteiger charge is 2.17. The molecule has 0 amide bonds. The van der Waals surface area contributed by atoms with E-state index in [-0.39, 0.29) is 5.92 Å². The Bertz CT molecular complexity index is 240. The Balaban J connectivity index is 2.41. The Kier molecular flexibility index (Phi) is 3.13. The van der Waals surface area contributed by atoms with Gasteiger partial charge in [0.15, 0.2) is 5.96 Å². The van der Waals surface area contributed by atoms with Gasteiger partial charge in [0, 0.05) is 19.6 Å². The molecule has 0 aliphatic carbocycles. The summed E-state index contributed by atoms with van der Waals surface area (Å²) in [7, 11) is 1.96. The molecule has 1 N–H and O–H groups in total. The first-order valence-electron chi connectivity index (χ1n) is 4.55. The third kappa shape index (κ3) is 2.62. The van der Waals surface area contributed by atoms with Crippen LogP contribution in [0.5, 0.6) is 0 Å².